The summed E-state index contributed by atoms with van der Waals surface area (Å²) < 4.78 is 0. The quantitative estimate of drug-likeness (QED) is 0.274. The molecular weight excluding hydrogens is 452 g/mol. The van der Waals surface area contributed by atoms with Crippen molar-refractivity contribution in [3.63, 3.8) is 0 Å². The Morgan fingerprint density at radius 2 is 1.38 bits per heavy atom. The van der Waals surface area contributed by atoms with E-state index in [1.807, 2.05) is 23.5 Å². The lowest BCUT2D eigenvalue weighted by atomic mass is 10.0. The fourth-order valence-electron chi connectivity index (χ4n) is 4.82. The number of benzene rings is 4. The molecule has 1 N–H and O–H groups in total. The standard InChI is InChI=1S/C30H22N2S2/c1-2-8-22(9-3-1)32-25-11-5-7-13-29(25)34-30-19-21(14-16-26(30)32)20-15-17-28-24(18-20)31-23-10-4-6-12-27(23)33-28/h1-4,6,8-19,31H,5,7H2. The van der Waals surface area contributed by atoms with Gasteiger partial charge in [0.15, 0.2) is 0 Å². The number of thioether (sulfide) groups is 1. The lowest BCUT2D eigenvalue weighted by molar-refractivity contribution is 0.982. The van der Waals surface area contributed by atoms with Crippen LogP contribution in [-0.2, 0) is 0 Å². The second kappa shape index (κ2) is 8.15. The fraction of sp³-hybridized carbons (Fsp3) is 0.0667. The van der Waals surface area contributed by atoms with E-state index in [0.717, 1.165) is 12.8 Å². The highest BCUT2D eigenvalue weighted by Gasteiger charge is 2.28. The third-order valence-electron chi connectivity index (χ3n) is 6.45. The second-order valence-corrected chi connectivity index (χ2v) is 10.8. The van der Waals surface area contributed by atoms with E-state index >= 15 is 0 Å². The number of rotatable bonds is 2. The molecule has 1 aliphatic carbocycles. The molecule has 0 bridgehead atoms. The van der Waals surface area contributed by atoms with E-state index in [9.17, 15) is 0 Å². The molecule has 0 amide bonds. The summed E-state index contributed by atoms with van der Waals surface area (Å²) in [7, 11) is 0. The predicted molar refractivity (Wildman–Crippen MR) is 146 cm³/mol. The molecule has 4 aromatic carbocycles. The van der Waals surface area contributed by atoms with Gasteiger partial charge in [-0.25, -0.2) is 0 Å². The van der Waals surface area contributed by atoms with Crippen LogP contribution in [-0.4, -0.2) is 0 Å². The smallest absolute Gasteiger partial charge is 0.0601 e. The molecule has 34 heavy (non-hydrogen) atoms. The first-order valence-corrected chi connectivity index (χ1v) is 13.2. The normalized spacial score (nSPS) is 15.7. The maximum Gasteiger partial charge on any atom is 0.0601 e. The first-order valence-electron chi connectivity index (χ1n) is 11.6. The van der Waals surface area contributed by atoms with Crippen LogP contribution >= 0.6 is 23.5 Å². The fourth-order valence-corrected chi connectivity index (χ4v) is 6.95. The van der Waals surface area contributed by atoms with Crippen LogP contribution in [0.15, 0.2) is 128 Å². The van der Waals surface area contributed by atoms with E-state index in [1.165, 1.54) is 59.2 Å². The van der Waals surface area contributed by atoms with E-state index in [1.54, 1.807) is 0 Å². The van der Waals surface area contributed by atoms with Crippen LogP contribution < -0.4 is 10.2 Å². The number of hydrogen-bond acceptors (Lipinski definition) is 4. The number of para-hydroxylation sites is 2. The van der Waals surface area contributed by atoms with Crippen molar-refractivity contribution in [1.82, 2.24) is 0 Å². The van der Waals surface area contributed by atoms with Crippen molar-refractivity contribution in [2.24, 2.45) is 0 Å². The molecule has 4 heteroatoms. The molecule has 0 saturated carbocycles. The zero-order valence-corrected chi connectivity index (χ0v) is 20.1. The van der Waals surface area contributed by atoms with Gasteiger partial charge in [0, 0.05) is 25.3 Å². The molecular formula is C30H22N2S2. The Morgan fingerprint density at radius 1 is 0.618 bits per heavy atom. The van der Waals surface area contributed by atoms with E-state index < -0.39 is 0 Å². The van der Waals surface area contributed by atoms with Gasteiger partial charge in [-0.05, 0) is 72.5 Å². The predicted octanol–water partition coefficient (Wildman–Crippen LogP) is 9.37. The molecule has 3 aliphatic rings. The summed E-state index contributed by atoms with van der Waals surface area (Å²) in [4.78, 5) is 7.63. The number of hydrogen-bond donors (Lipinski definition) is 1. The number of nitrogens with zero attached hydrogens (tertiary/aromatic N) is 1. The molecule has 2 nitrogen and oxygen atoms in total. The van der Waals surface area contributed by atoms with Crippen molar-refractivity contribution >= 4 is 46.3 Å². The zero-order valence-electron chi connectivity index (χ0n) is 18.5. The third kappa shape index (κ3) is 3.37. The van der Waals surface area contributed by atoms with Crippen LogP contribution in [0.25, 0.3) is 11.1 Å². The molecule has 4 aromatic rings. The van der Waals surface area contributed by atoms with Gasteiger partial charge in [-0.15, -0.1) is 0 Å². The Labute approximate surface area is 208 Å². The highest BCUT2D eigenvalue weighted by atomic mass is 32.2. The summed E-state index contributed by atoms with van der Waals surface area (Å²) in [5.74, 6) is 0. The van der Waals surface area contributed by atoms with Crippen molar-refractivity contribution in [2.75, 3.05) is 10.2 Å². The maximum absolute atomic E-state index is 3.63. The van der Waals surface area contributed by atoms with Crippen LogP contribution in [0, 0.1) is 0 Å². The van der Waals surface area contributed by atoms with Crippen molar-refractivity contribution in [2.45, 2.75) is 27.5 Å². The third-order valence-corrected chi connectivity index (χ3v) is 8.75. The van der Waals surface area contributed by atoms with Gasteiger partial charge in [0.1, 0.15) is 0 Å². The summed E-state index contributed by atoms with van der Waals surface area (Å²) >= 11 is 3.73. The summed E-state index contributed by atoms with van der Waals surface area (Å²) in [5.41, 5.74) is 8.63. The van der Waals surface area contributed by atoms with Gasteiger partial charge in [-0.1, -0.05) is 78.1 Å². The van der Waals surface area contributed by atoms with Gasteiger partial charge in [-0.2, -0.15) is 0 Å². The summed E-state index contributed by atoms with van der Waals surface area (Å²) in [6, 6.07) is 32.9. The topological polar surface area (TPSA) is 15.3 Å². The van der Waals surface area contributed by atoms with Crippen LogP contribution in [0.2, 0.25) is 0 Å². The highest BCUT2D eigenvalue weighted by molar-refractivity contribution is 8.03. The minimum Gasteiger partial charge on any atom is -0.354 e. The Kier molecular flexibility index (Phi) is 4.81. The van der Waals surface area contributed by atoms with E-state index in [0.29, 0.717) is 0 Å². The molecule has 0 fully saturated rings. The number of anilines is 4. The van der Waals surface area contributed by atoms with Gasteiger partial charge in [0.2, 0.25) is 0 Å². The van der Waals surface area contributed by atoms with Gasteiger partial charge < -0.3 is 10.2 Å². The molecule has 2 aliphatic heterocycles. The molecule has 164 valence electrons. The molecule has 0 spiro atoms. The minimum absolute atomic E-state index is 1.10. The monoisotopic (exact) mass is 474 g/mol. The van der Waals surface area contributed by atoms with Gasteiger partial charge in [-0.3, -0.25) is 0 Å². The van der Waals surface area contributed by atoms with Crippen molar-refractivity contribution in [1.29, 1.82) is 0 Å². The molecule has 2 heterocycles. The largest absolute Gasteiger partial charge is 0.354 e. The van der Waals surface area contributed by atoms with Crippen molar-refractivity contribution < 1.29 is 0 Å². The number of fused-ring (bicyclic) bond motifs is 4. The molecule has 7 rings (SSSR count). The summed E-state index contributed by atoms with van der Waals surface area (Å²) in [6.07, 6.45) is 6.98. The Bertz CT molecular complexity index is 1490. The SMILES string of the molecule is C1=C2Sc3cc(-c4ccc5c(c4)Nc4ccccc4S5)ccc3N(c3ccccc3)C2=CCC1. The van der Waals surface area contributed by atoms with E-state index in [-0.39, 0.29) is 0 Å². The lowest BCUT2D eigenvalue weighted by Gasteiger charge is -2.36. The average Bonchev–Trinajstić information content (AvgIpc) is 2.90. The molecule has 0 unspecified atom stereocenters. The lowest BCUT2D eigenvalue weighted by Crippen LogP contribution is -2.22. The second-order valence-electron chi connectivity index (χ2n) is 8.62. The van der Waals surface area contributed by atoms with E-state index in [2.05, 4.69) is 113 Å². The number of nitrogens with one attached hydrogen (secondary N) is 1. The van der Waals surface area contributed by atoms with Crippen molar-refractivity contribution in [3.05, 3.63) is 114 Å². The molecule has 0 atom stereocenters. The molecule has 0 radical (unpaired) electrons. The maximum atomic E-state index is 3.63. The van der Waals surface area contributed by atoms with Crippen molar-refractivity contribution in [3.8, 4) is 11.1 Å². The average molecular weight is 475 g/mol. The van der Waals surface area contributed by atoms with Crippen LogP contribution in [0.5, 0.6) is 0 Å². The first kappa shape index (κ1) is 20.1. The van der Waals surface area contributed by atoms with Gasteiger partial charge >= 0.3 is 0 Å². The number of allylic oxidation sites excluding steroid dienone is 2. The molecule has 0 saturated heterocycles. The summed E-state index contributed by atoms with van der Waals surface area (Å²) in [5, 5.41) is 3.63. The van der Waals surface area contributed by atoms with E-state index in [4.69, 9.17) is 0 Å². The van der Waals surface area contributed by atoms with Crippen LogP contribution in [0.3, 0.4) is 0 Å². The Balaban J connectivity index is 1.30. The minimum atomic E-state index is 1.10. The van der Waals surface area contributed by atoms with Crippen LogP contribution in [0.4, 0.5) is 22.7 Å². The molecule has 0 aromatic heterocycles. The Hall–Kier alpha value is -3.34. The summed E-state index contributed by atoms with van der Waals surface area (Å²) in [6.45, 7) is 0. The first-order chi connectivity index (χ1) is 16.8. The Morgan fingerprint density at radius 3 is 2.32 bits per heavy atom. The highest BCUT2D eigenvalue weighted by Crippen LogP contribution is 2.52. The van der Waals surface area contributed by atoms with Gasteiger partial charge in [0.25, 0.3) is 0 Å². The van der Waals surface area contributed by atoms with Gasteiger partial charge in [0.05, 0.1) is 22.8 Å². The zero-order chi connectivity index (χ0) is 22.5. The van der Waals surface area contributed by atoms with Crippen LogP contribution in [0.1, 0.15) is 12.8 Å².